The summed E-state index contributed by atoms with van der Waals surface area (Å²) < 4.78 is 10.4. The molecule has 2 aromatic rings. The van der Waals surface area contributed by atoms with Crippen LogP contribution < -0.4 is 10.1 Å². The summed E-state index contributed by atoms with van der Waals surface area (Å²) in [6, 6.07) is 8.37. The van der Waals surface area contributed by atoms with E-state index in [0.717, 1.165) is 38.2 Å². The van der Waals surface area contributed by atoms with Crippen molar-refractivity contribution in [3.63, 3.8) is 0 Å². The predicted molar refractivity (Wildman–Crippen MR) is 92.2 cm³/mol. The smallest absolute Gasteiger partial charge is 0.257 e. The number of hydrogen-bond donors (Lipinski definition) is 1. The number of furan rings is 1. The molecular weight excluding hydrogens is 304 g/mol. The van der Waals surface area contributed by atoms with Gasteiger partial charge in [-0.05, 0) is 31.9 Å². The van der Waals surface area contributed by atoms with Crippen molar-refractivity contribution in [1.82, 2.24) is 10.2 Å². The van der Waals surface area contributed by atoms with E-state index in [1.807, 2.05) is 11.0 Å². The number of hydrogen-bond acceptors (Lipinski definition) is 4. The molecule has 0 saturated carbocycles. The SMILES string of the molecule is COc1ccc(C)cc1CNC1CCN(C(=O)c2ccoc2)CC1. The van der Waals surface area contributed by atoms with E-state index in [2.05, 4.69) is 24.4 Å². The van der Waals surface area contributed by atoms with Crippen LogP contribution in [0.25, 0.3) is 0 Å². The fourth-order valence-corrected chi connectivity index (χ4v) is 3.16. The highest BCUT2D eigenvalue weighted by Crippen LogP contribution is 2.21. The first-order valence-electron chi connectivity index (χ1n) is 8.35. The lowest BCUT2D eigenvalue weighted by molar-refractivity contribution is 0.0704. The van der Waals surface area contributed by atoms with Crippen LogP contribution in [-0.2, 0) is 6.54 Å². The maximum Gasteiger partial charge on any atom is 0.257 e. The highest BCUT2D eigenvalue weighted by Gasteiger charge is 2.24. The first-order valence-corrected chi connectivity index (χ1v) is 8.35. The zero-order chi connectivity index (χ0) is 16.9. The number of likely N-dealkylation sites (tertiary alicyclic amines) is 1. The van der Waals surface area contributed by atoms with Crippen LogP contribution in [0.2, 0.25) is 0 Å². The third-order valence-corrected chi connectivity index (χ3v) is 4.57. The summed E-state index contributed by atoms with van der Waals surface area (Å²) in [5.41, 5.74) is 3.04. The minimum atomic E-state index is 0.0579. The van der Waals surface area contributed by atoms with Gasteiger partial charge in [-0.3, -0.25) is 4.79 Å². The first-order chi connectivity index (χ1) is 11.7. The summed E-state index contributed by atoms with van der Waals surface area (Å²) >= 11 is 0. The molecule has 1 fully saturated rings. The second-order valence-corrected chi connectivity index (χ2v) is 6.27. The summed E-state index contributed by atoms with van der Waals surface area (Å²) in [5, 5.41) is 3.60. The molecule has 1 amide bonds. The number of aryl methyl sites for hydroxylation is 1. The average Bonchev–Trinajstić information content (AvgIpc) is 3.14. The van der Waals surface area contributed by atoms with Crippen LogP contribution in [0.4, 0.5) is 0 Å². The maximum atomic E-state index is 12.3. The molecule has 1 aliphatic rings. The molecule has 0 spiro atoms. The third kappa shape index (κ3) is 3.79. The molecule has 24 heavy (non-hydrogen) atoms. The number of amides is 1. The molecule has 2 heterocycles. The van der Waals surface area contributed by atoms with E-state index in [9.17, 15) is 4.79 Å². The van der Waals surface area contributed by atoms with Crippen molar-refractivity contribution in [3.05, 3.63) is 53.5 Å². The van der Waals surface area contributed by atoms with Crippen LogP contribution in [0.3, 0.4) is 0 Å². The summed E-state index contributed by atoms with van der Waals surface area (Å²) in [6.45, 7) is 4.41. The Bertz CT molecular complexity index is 674. The van der Waals surface area contributed by atoms with Crippen molar-refractivity contribution in [3.8, 4) is 5.75 Å². The molecule has 1 aromatic carbocycles. The van der Waals surface area contributed by atoms with Crippen molar-refractivity contribution in [2.75, 3.05) is 20.2 Å². The van der Waals surface area contributed by atoms with Crippen LogP contribution in [0.15, 0.2) is 41.2 Å². The monoisotopic (exact) mass is 328 g/mol. The molecular formula is C19H24N2O3. The van der Waals surface area contributed by atoms with Crippen molar-refractivity contribution in [1.29, 1.82) is 0 Å². The second kappa shape index (κ2) is 7.53. The molecule has 1 aromatic heterocycles. The van der Waals surface area contributed by atoms with Crippen molar-refractivity contribution >= 4 is 5.91 Å². The van der Waals surface area contributed by atoms with Crippen LogP contribution in [0.1, 0.15) is 34.3 Å². The van der Waals surface area contributed by atoms with E-state index in [1.165, 1.54) is 23.7 Å². The van der Waals surface area contributed by atoms with E-state index in [-0.39, 0.29) is 5.91 Å². The Morgan fingerprint density at radius 3 is 2.79 bits per heavy atom. The zero-order valence-electron chi connectivity index (χ0n) is 14.2. The molecule has 5 heteroatoms. The fraction of sp³-hybridized carbons (Fsp3) is 0.421. The molecule has 0 aliphatic carbocycles. The third-order valence-electron chi connectivity index (χ3n) is 4.57. The molecule has 0 atom stereocenters. The number of carbonyl (C=O) groups is 1. The lowest BCUT2D eigenvalue weighted by Gasteiger charge is -2.32. The number of piperidine rings is 1. The van der Waals surface area contributed by atoms with Crippen LogP contribution >= 0.6 is 0 Å². The van der Waals surface area contributed by atoms with Gasteiger partial charge in [0.15, 0.2) is 0 Å². The van der Waals surface area contributed by atoms with E-state index in [4.69, 9.17) is 9.15 Å². The van der Waals surface area contributed by atoms with Gasteiger partial charge in [0.2, 0.25) is 0 Å². The van der Waals surface area contributed by atoms with Crippen molar-refractivity contribution in [2.45, 2.75) is 32.4 Å². The standard InChI is InChI=1S/C19H24N2O3/c1-14-3-4-18(23-2)16(11-14)12-20-17-5-8-21(9-6-17)19(22)15-7-10-24-13-15/h3-4,7,10-11,13,17,20H,5-6,8-9,12H2,1-2H3. The van der Waals surface area contributed by atoms with Gasteiger partial charge in [-0.15, -0.1) is 0 Å². The van der Waals surface area contributed by atoms with Gasteiger partial charge in [0, 0.05) is 31.2 Å². The predicted octanol–water partition coefficient (Wildman–Crippen LogP) is 2.99. The Morgan fingerprint density at radius 2 is 2.12 bits per heavy atom. The first kappa shape index (κ1) is 16.6. The maximum absolute atomic E-state index is 12.3. The molecule has 0 unspecified atom stereocenters. The molecule has 128 valence electrons. The molecule has 1 saturated heterocycles. The molecule has 0 radical (unpaired) electrons. The Kier molecular flexibility index (Phi) is 5.20. The summed E-state index contributed by atoms with van der Waals surface area (Å²) in [6.07, 6.45) is 4.96. The Morgan fingerprint density at radius 1 is 1.33 bits per heavy atom. The molecule has 5 nitrogen and oxygen atoms in total. The van der Waals surface area contributed by atoms with E-state index in [0.29, 0.717) is 11.6 Å². The van der Waals surface area contributed by atoms with Crippen molar-refractivity contribution in [2.24, 2.45) is 0 Å². The average molecular weight is 328 g/mol. The number of rotatable bonds is 5. The molecule has 1 N–H and O–H groups in total. The second-order valence-electron chi connectivity index (χ2n) is 6.27. The van der Waals surface area contributed by atoms with Gasteiger partial charge in [0.05, 0.1) is 18.9 Å². The lowest BCUT2D eigenvalue weighted by Crippen LogP contribution is -2.44. The van der Waals surface area contributed by atoms with Gasteiger partial charge in [-0.25, -0.2) is 0 Å². The zero-order valence-corrected chi connectivity index (χ0v) is 14.2. The Hall–Kier alpha value is -2.27. The summed E-state index contributed by atoms with van der Waals surface area (Å²) in [4.78, 5) is 14.2. The van der Waals surface area contributed by atoms with Gasteiger partial charge in [-0.1, -0.05) is 17.7 Å². The van der Waals surface area contributed by atoms with Crippen LogP contribution in [0, 0.1) is 6.92 Å². The number of ether oxygens (including phenoxy) is 1. The quantitative estimate of drug-likeness (QED) is 0.917. The Balaban J connectivity index is 1.51. The fourth-order valence-electron chi connectivity index (χ4n) is 3.16. The van der Waals surface area contributed by atoms with E-state index >= 15 is 0 Å². The molecule has 0 bridgehead atoms. The minimum absolute atomic E-state index is 0.0579. The lowest BCUT2D eigenvalue weighted by atomic mass is 10.0. The Labute approximate surface area is 142 Å². The number of nitrogens with one attached hydrogen (secondary N) is 1. The highest BCUT2D eigenvalue weighted by molar-refractivity contribution is 5.93. The van der Waals surface area contributed by atoms with E-state index < -0.39 is 0 Å². The summed E-state index contributed by atoms with van der Waals surface area (Å²) in [7, 11) is 1.70. The van der Waals surface area contributed by atoms with Gasteiger partial charge in [-0.2, -0.15) is 0 Å². The topological polar surface area (TPSA) is 54.7 Å². The number of carbonyl (C=O) groups excluding carboxylic acids is 1. The minimum Gasteiger partial charge on any atom is -0.496 e. The van der Waals surface area contributed by atoms with Gasteiger partial charge >= 0.3 is 0 Å². The number of nitrogens with zero attached hydrogens (tertiary/aromatic N) is 1. The summed E-state index contributed by atoms with van der Waals surface area (Å²) in [5.74, 6) is 0.975. The molecule has 1 aliphatic heterocycles. The number of methoxy groups -OCH3 is 1. The highest BCUT2D eigenvalue weighted by atomic mass is 16.5. The number of benzene rings is 1. The normalized spacial score (nSPS) is 15.5. The van der Waals surface area contributed by atoms with E-state index in [1.54, 1.807) is 13.2 Å². The van der Waals surface area contributed by atoms with Gasteiger partial charge in [0.25, 0.3) is 5.91 Å². The largest absolute Gasteiger partial charge is 0.496 e. The van der Waals surface area contributed by atoms with Crippen LogP contribution in [0.5, 0.6) is 5.75 Å². The van der Waals surface area contributed by atoms with Crippen LogP contribution in [-0.4, -0.2) is 37.0 Å². The van der Waals surface area contributed by atoms with Gasteiger partial charge < -0.3 is 19.4 Å². The van der Waals surface area contributed by atoms with Crippen molar-refractivity contribution < 1.29 is 13.9 Å². The van der Waals surface area contributed by atoms with Gasteiger partial charge in [0.1, 0.15) is 12.0 Å². The molecule has 3 rings (SSSR count).